The van der Waals surface area contributed by atoms with Crippen LogP contribution in [0.2, 0.25) is 0 Å². The van der Waals surface area contributed by atoms with Crippen molar-refractivity contribution in [1.29, 1.82) is 0 Å². The number of carbonyl (C=O) groups excluding carboxylic acids is 1. The van der Waals surface area contributed by atoms with E-state index in [1.807, 2.05) is 11.9 Å². The van der Waals surface area contributed by atoms with Gasteiger partial charge in [-0.05, 0) is 45.7 Å². The van der Waals surface area contributed by atoms with Gasteiger partial charge in [0.05, 0.1) is 6.04 Å². The van der Waals surface area contributed by atoms with Crippen LogP contribution in [0, 0.1) is 5.92 Å². The van der Waals surface area contributed by atoms with Gasteiger partial charge in [-0.3, -0.25) is 4.79 Å². The Morgan fingerprint density at radius 3 is 2.17 bits per heavy atom. The summed E-state index contributed by atoms with van der Waals surface area (Å²) >= 11 is 0. The first-order valence-electron chi connectivity index (χ1n) is 6.96. The van der Waals surface area contributed by atoms with E-state index in [2.05, 4.69) is 32.8 Å². The van der Waals surface area contributed by atoms with Crippen molar-refractivity contribution in [2.75, 3.05) is 27.7 Å². The molecule has 0 unspecified atom stereocenters. The predicted molar refractivity (Wildman–Crippen MR) is 75.3 cm³/mol. The topological polar surface area (TPSA) is 49.6 Å². The SMILES string of the molecule is CC(C)C[C@H](N)C(=O)N(C)CC1(N(C)C)CCC1. The van der Waals surface area contributed by atoms with Crippen LogP contribution < -0.4 is 5.73 Å². The van der Waals surface area contributed by atoms with Crippen molar-refractivity contribution >= 4 is 5.91 Å². The molecule has 0 aliphatic heterocycles. The van der Waals surface area contributed by atoms with Gasteiger partial charge >= 0.3 is 0 Å². The molecule has 1 fully saturated rings. The van der Waals surface area contributed by atoms with Crippen molar-refractivity contribution in [2.24, 2.45) is 11.7 Å². The zero-order valence-electron chi connectivity index (χ0n) is 12.6. The number of hydrogen-bond acceptors (Lipinski definition) is 3. The van der Waals surface area contributed by atoms with Crippen LogP contribution >= 0.6 is 0 Å². The molecule has 0 radical (unpaired) electrons. The average Bonchev–Trinajstić information content (AvgIpc) is 2.20. The monoisotopic (exact) mass is 255 g/mol. The minimum atomic E-state index is -0.353. The second-order valence-electron chi connectivity index (χ2n) is 6.40. The Kier molecular flexibility index (Phi) is 5.17. The molecule has 4 nitrogen and oxygen atoms in total. The van der Waals surface area contributed by atoms with Gasteiger partial charge in [0.2, 0.25) is 5.91 Å². The summed E-state index contributed by atoms with van der Waals surface area (Å²) < 4.78 is 0. The van der Waals surface area contributed by atoms with Gasteiger partial charge < -0.3 is 15.5 Å². The fourth-order valence-electron chi connectivity index (χ4n) is 2.74. The number of nitrogens with two attached hydrogens (primary N) is 1. The molecule has 1 rings (SSSR count). The molecular formula is C14H29N3O. The number of likely N-dealkylation sites (N-methyl/N-ethyl adjacent to an activating group) is 2. The molecule has 4 heteroatoms. The molecule has 1 saturated carbocycles. The number of hydrogen-bond donors (Lipinski definition) is 1. The summed E-state index contributed by atoms with van der Waals surface area (Å²) in [6, 6.07) is -0.353. The fraction of sp³-hybridized carbons (Fsp3) is 0.929. The van der Waals surface area contributed by atoms with Crippen LogP contribution in [0.25, 0.3) is 0 Å². The van der Waals surface area contributed by atoms with Gasteiger partial charge in [0, 0.05) is 19.1 Å². The molecular weight excluding hydrogens is 226 g/mol. The predicted octanol–water partition coefficient (Wildman–Crippen LogP) is 1.30. The lowest BCUT2D eigenvalue weighted by Crippen LogP contribution is -2.59. The quantitative estimate of drug-likeness (QED) is 0.778. The molecule has 0 bridgehead atoms. The Morgan fingerprint density at radius 1 is 1.28 bits per heavy atom. The first-order chi connectivity index (χ1) is 8.28. The molecule has 1 aliphatic rings. The summed E-state index contributed by atoms with van der Waals surface area (Å²) in [6.07, 6.45) is 4.38. The standard InChI is InChI=1S/C14H29N3O/c1-11(2)9-12(15)13(18)17(5)10-14(16(3)4)7-6-8-14/h11-12H,6-10,15H2,1-5H3/t12-/m0/s1. The maximum Gasteiger partial charge on any atom is 0.239 e. The normalized spacial score (nSPS) is 19.8. The van der Waals surface area contributed by atoms with E-state index in [0.29, 0.717) is 5.92 Å². The van der Waals surface area contributed by atoms with Crippen molar-refractivity contribution in [3.8, 4) is 0 Å². The first-order valence-corrected chi connectivity index (χ1v) is 6.96. The van der Waals surface area contributed by atoms with Crippen molar-refractivity contribution in [3.05, 3.63) is 0 Å². The number of amides is 1. The van der Waals surface area contributed by atoms with Crippen LogP contribution in [-0.4, -0.2) is 55.0 Å². The molecule has 0 saturated heterocycles. The van der Waals surface area contributed by atoms with Gasteiger partial charge in [-0.1, -0.05) is 13.8 Å². The maximum atomic E-state index is 12.2. The number of nitrogens with zero attached hydrogens (tertiary/aromatic N) is 2. The van der Waals surface area contributed by atoms with Crippen molar-refractivity contribution < 1.29 is 4.79 Å². The molecule has 1 aliphatic carbocycles. The summed E-state index contributed by atoms with van der Waals surface area (Å²) in [4.78, 5) is 16.3. The van der Waals surface area contributed by atoms with Crippen molar-refractivity contribution in [1.82, 2.24) is 9.80 Å². The van der Waals surface area contributed by atoms with Crippen LogP contribution in [0.5, 0.6) is 0 Å². The van der Waals surface area contributed by atoms with E-state index >= 15 is 0 Å². The minimum Gasteiger partial charge on any atom is -0.343 e. The summed E-state index contributed by atoms with van der Waals surface area (Å²) in [5.41, 5.74) is 6.15. The minimum absolute atomic E-state index is 0.0804. The van der Waals surface area contributed by atoms with Crippen molar-refractivity contribution in [3.63, 3.8) is 0 Å². The Morgan fingerprint density at radius 2 is 1.83 bits per heavy atom. The molecule has 0 aromatic carbocycles. The molecule has 0 aromatic rings. The molecule has 1 amide bonds. The van der Waals surface area contributed by atoms with E-state index < -0.39 is 0 Å². The zero-order chi connectivity index (χ0) is 13.9. The van der Waals surface area contributed by atoms with Gasteiger partial charge in [0.1, 0.15) is 0 Å². The first kappa shape index (κ1) is 15.4. The highest BCUT2D eigenvalue weighted by atomic mass is 16.2. The summed E-state index contributed by atoms with van der Waals surface area (Å²) in [6.45, 7) is 4.99. The average molecular weight is 255 g/mol. The molecule has 1 atom stereocenters. The number of rotatable bonds is 6. The van der Waals surface area contributed by atoms with Crippen LogP contribution in [0.15, 0.2) is 0 Å². The summed E-state index contributed by atoms with van der Waals surface area (Å²) in [5.74, 6) is 0.542. The van der Waals surface area contributed by atoms with Crippen LogP contribution in [0.3, 0.4) is 0 Å². The molecule has 106 valence electrons. The van der Waals surface area contributed by atoms with Gasteiger partial charge in [-0.25, -0.2) is 0 Å². The molecule has 18 heavy (non-hydrogen) atoms. The Bertz CT molecular complexity index is 285. The van der Waals surface area contributed by atoms with E-state index in [1.54, 1.807) is 0 Å². The third kappa shape index (κ3) is 3.45. The lowest BCUT2D eigenvalue weighted by atomic mass is 9.75. The van der Waals surface area contributed by atoms with Gasteiger partial charge in [-0.2, -0.15) is 0 Å². The second kappa shape index (κ2) is 6.02. The highest BCUT2D eigenvalue weighted by Gasteiger charge is 2.41. The maximum absolute atomic E-state index is 12.2. The highest BCUT2D eigenvalue weighted by molar-refractivity contribution is 5.81. The van der Waals surface area contributed by atoms with E-state index in [4.69, 9.17) is 5.73 Å². The van der Waals surface area contributed by atoms with E-state index in [0.717, 1.165) is 13.0 Å². The molecule has 0 spiro atoms. The van der Waals surface area contributed by atoms with Gasteiger partial charge in [0.25, 0.3) is 0 Å². The van der Waals surface area contributed by atoms with Gasteiger partial charge in [-0.15, -0.1) is 0 Å². The van der Waals surface area contributed by atoms with Crippen LogP contribution in [0.4, 0.5) is 0 Å². The molecule has 0 heterocycles. The second-order valence-corrected chi connectivity index (χ2v) is 6.40. The smallest absolute Gasteiger partial charge is 0.239 e. The molecule has 0 aromatic heterocycles. The van der Waals surface area contributed by atoms with Crippen molar-refractivity contribution in [2.45, 2.75) is 51.1 Å². The van der Waals surface area contributed by atoms with Crippen LogP contribution in [0.1, 0.15) is 39.5 Å². The molecule has 2 N–H and O–H groups in total. The largest absolute Gasteiger partial charge is 0.343 e. The van der Waals surface area contributed by atoms with Crippen LogP contribution in [-0.2, 0) is 4.79 Å². The number of carbonyl (C=O) groups is 1. The van der Waals surface area contributed by atoms with Gasteiger partial charge in [0.15, 0.2) is 0 Å². The summed E-state index contributed by atoms with van der Waals surface area (Å²) in [5, 5.41) is 0. The summed E-state index contributed by atoms with van der Waals surface area (Å²) in [7, 11) is 6.09. The highest BCUT2D eigenvalue weighted by Crippen LogP contribution is 2.36. The third-order valence-electron chi connectivity index (χ3n) is 4.18. The lowest BCUT2D eigenvalue weighted by Gasteiger charge is -2.49. The van der Waals surface area contributed by atoms with E-state index in [-0.39, 0.29) is 17.5 Å². The van der Waals surface area contributed by atoms with E-state index in [9.17, 15) is 4.79 Å². The Hall–Kier alpha value is -0.610. The lowest BCUT2D eigenvalue weighted by molar-refractivity contribution is -0.134. The third-order valence-corrected chi connectivity index (χ3v) is 4.18. The Balaban J connectivity index is 2.54. The van der Waals surface area contributed by atoms with E-state index in [1.165, 1.54) is 19.3 Å². The fourth-order valence-corrected chi connectivity index (χ4v) is 2.74. The Labute approximate surface area is 111 Å². The zero-order valence-corrected chi connectivity index (χ0v) is 12.6.